The molecule has 0 saturated carbocycles. The Balaban J connectivity index is 1.75. The number of hydrogen-bond acceptors (Lipinski definition) is 4. The van der Waals surface area contributed by atoms with E-state index in [-0.39, 0.29) is 5.02 Å². The third-order valence-corrected chi connectivity index (χ3v) is 4.33. The van der Waals surface area contributed by atoms with Crippen molar-refractivity contribution in [3.63, 3.8) is 0 Å². The Kier molecular flexibility index (Phi) is 4.00. The van der Waals surface area contributed by atoms with Gasteiger partial charge in [0, 0.05) is 17.7 Å². The molecule has 4 aromatic rings. The lowest BCUT2D eigenvalue weighted by molar-refractivity contribution is 0.395. The minimum Gasteiger partial charge on any atom is -0.497 e. The third kappa shape index (κ3) is 2.76. The maximum Gasteiger partial charge on any atom is 0.156 e. The molecule has 2 N–H and O–H groups in total. The molecule has 0 unspecified atom stereocenters. The van der Waals surface area contributed by atoms with E-state index >= 15 is 0 Å². The number of benzene rings is 2. The van der Waals surface area contributed by atoms with Crippen molar-refractivity contribution in [1.29, 1.82) is 0 Å². The van der Waals surface area contributed by atoms with E-state index in [1.807, 2.05) is 18.2 Å². The van der Waals surface area contributed by atoms with E-state index in [0.717, 1.165) is 5.56 Å². The average molecular weight is 373 g/mol. The fraction of sp³-hybridized carbons (Fsp3) is 0.111. The normalized spacial score (nSPS) is 11.1. The number of halogens is 2. The largest absolute Gasteiger partial charge is 0.497 e. The Morgan fingerprint density at radius 3 is 2.69 bits per heavy atom. The van der Waals surface area contributed by atoms with Crippen LogP contribution in [-0.2, 0) is 0 Å². The second-order valence-electron chi connectivity index (χ2n) is 5.60. The number of methoxy groups -OCH3 is 2. The molecule has 0 amide bonds. The van der Waals surface area contributed by atoms with Gasteiger partial charge in [0.15, 0.2) is 5.82 Å². The lowest BCUT2D eigenvalue weighted by Gasteiger charge is -2.08. The zero-order valence-corrected chi connectivity index (χ0v) is 14.7. The van der Waals surface area contributed by atoms with Gasteiger partial charge >= 0.3 is 0 Å². The van der Waals surface area contributed by atoms with E-state index < -0.39 is 5.82 Å². The summed E-state index contributed by atoms with van der Waals surface area (Å²) in [6.45, 7) is 0. The number of nitrogens with zero attached hydrogens (tertiary/aromatic N) is 2. The molecule has 0 aliphatic heterocycles. The molecule has 0 bridgehead atoms. The number of imidazole rings is 1. The van der Waals surface area contributed by atoms with Gasteiger partial charge in [-0.1, -0.05) is 11.6 Å². The Bertz CT molecular complexity index is 1070. The standard InChI is InChI=1S/C18H14ClFN4O2/c1-25-9-3-4-10(17(5-9)26-2)13-8-16(24-23-13)18-21-14-6-11(19)12(20)7-15(14)22-18/h3-8H,1-2H3,(H,21,22)(H,23,24). The Morgan fingerprint density at radius 1 is 1.08 bits per heavy atom. The van der Waals surface area contributed by atoms with Gasteiger partial charge in [0.2, 0.25) is 0 Å². The van der Waals surface area contributed by atoms with Crippen LogP contribution in [0.25, 0.3) is 33.8 Å². The van der Waals surface area contributed by atoms with Crippen molar-refractivity contribution in [2.24, 2.45) is 0 Å². The highest BCUT2D eigenvalue weighted by Crippen LogP contribution is 2.34. The second-order valence-corrected chi connectivity index (χ2v) is 6.01. The van der Waals surface area contributed by atoms with Crippen LogP contribution in [0.2, 0.25) is 5.02 Å². The fourth-order valence-electron chi connectivity index (χ4n) is 2.72. The summed E-state index contributed by atoms with van der Waals surface area (Å²) in [7, 11) is 3.18. The van der Waals surface area contributed by atoms with Crippen LogP contribution < -0.4 is 9.47 Å². The molecule has 0 aliphatic carbocycles. The summed E-state index contributed by atoms with van der Waals surface area (Å²) in [4.78, 5) is 7.49. The quantitative estimate of drug-likeness (QED) is 0.555. The maximum absolute atomic E-state index is 13.6. The number of aromatic amines is 2. The zero-order chi connectivity index (χ0) is 18.3. The number of fused-ring (bicyclic) bond motifs is 1. The predicted octanol–water partition coefficient (Wildman–Crippen LogP) is 4.43. The molecule has 0 fully saturated rings. The fourth-order valence-corrected chi connectivity index (χ4v) is 2.88. The van der Waals surface area contributed by atoms with Gasteiger partial charge < -0.3 is 14.5 Å². The van der Waals surface area contributed by atoms with Crippen LogP contribution in [-0.4, -0.2) is 34.4 Å². The van der Waals surface area contributed by atoms with Gasteiger partial charge in [-0.05, 0) is 24.3 Å². The van der Waals surface area contributed by atoms with Crippen LogP contribution in [0.4, 0.5) is 4.39 Å². The van der Waals surface area contributed by atoms with Crippen molar-refractivity contribution in [1.82, 2.24) is 20.2 Å². The van der Waals surface area contributed by atoms with E-state index in [2.05, 4.69) is 20.2 Å². The van der Waals surface area contributed by atoms with Crippen molar-refractivity contribution in [3.05, 3.63) is 47.2 Å². The van der Waals surface area contributed by atoms with Crippen LogP contribution in [0.15, 0.2) is 36.4 Å². The summed E-state index contributed by atoms with van der Waals surface area (Å²) in [6.07, 6.45) is 0. The lowest BCUT2D eigenvalue weighted by atomic mass is 10.1. The summed E-state index contributed by atoms with van der Waals surface area (Å²) in [5.74, 6) is 1.37. The van der Waals surface area contributed by atoms with Gasteiger partial charge in [0.1, 0.15) is 23.0 Å². The molecule has 6 nitrogen and oxygen atoms in total. The van der Waals surface area contributed by atoms with Crippen molar-refractivity contribution in [2.45, 2.75) is 0 Å². The Morgan fingerprint density at radius 2 is 1.92 bits per heavy atom. The monoisotopic (exact) mass is 372 g/mol. The van der Waals surface area contributed by atoms with Gasteiger partial charge in [-0.15, -0.1) is 0 Å². The van der Waals surface area contributed by atoms with Gasteiger partial charge in [-0.3, -0.25) is 5.10 Å². The predicted molar refractivity (Wildman–Crippen MR) is 97.2 cm³/mol. The number of aromatic nitrogens is 4. The van der Waals surface area contributed by atoms with Gasteiger partial charge in [-0.2, -0.15) is 5.10 Å². The topological polar surface area (TPSA) is 75.8 Å². The Labute approximate surface area is 152 Å². The molecular formula is C18H14ClFN4O2. The molecule has 8 heteroatoms. The van der Waals surface area contributed by atoms with Crippen molar-refractivity contribution in [3.8, 4) is 34.3 Å². The van der Waals surface area contributed by atoms with E-state index in [0.29, 0.717) is 39.7 Å². The first-order chi connectivity index (χ1) is 12.6. The lowest BCUT2D eigenvalue weighted by Crippen LogP contribution is -1.90. The van der Waals surface area contributed by atoms with Crippen LogP contribution in [0.1, 0.15) is 0 Å². The minimum atomic E-state index is -0.498. The SMILES string of the molecule is COc1ccc(-c2cc(-c3nc4cc(Cl)c(F)cc4[nH]3)[nH]n2)c(OC)c1. The van der Waals surface area contributed by atoms with Crippen LogP contribution in [0.5, 0.6) is 11.5 Å². The second kappa shape index (κ2) is 6.34. The molecule has 2 aromatic heterocycles. The minimum absolute atomic E-state index is 0.0313. The molecule has 132 valence electrons. The highest BCUT2D eigenvalue weighted by atomic mass is 35.5. The summed E-state index contributed by atoms with van der Waals surface area (Å²) >= 11 is 5.81. The first-order valence-corrected chi connectivity index (χ1v) is 8.10. The Hall–Kier alpha value is -3.06. The molecule has 0 spiro atoms. The number of H-pyrrole nitrogens is 2. The molecule has 0 saturated heterocycles. The zero-order valence-electron chi connectivity index (χ0n) is 13.9. The smallest absolute Gasteiger partial charge is 0.156 e. The van der Waals surface area contributed by atoms with Gasteiger partial charge in [0.25, 0.3) is 0 Å². The number of hydrogen-bond donors (Lipinski definition) is 2. The molecule has 2 heterocycles. The molecule has 2 aromatic carbocycles. The average Bonchev–Trinajstić information content (AvgIpc) is 3.28. The summed E-state index contributed by atoms with van der Waals surface area (Å²) in [5, 5.41) is 7.29. The van der Waals surface area contributed by atoms with E-state index in [9.17, 15) is 4.39 Å². The van der Waals surface area contributed by atoms with E-state index in [1.165, 1.54) is 12.1 Å². The molecule has 26 heavy (non-hydrogen) atoms. The van der Waals surface area contributed by atoms with Crippen LogP contribution in [0.3, 0.4) is 0 Å². The van der Waals surface area contributed by atoms with Crippen molar-refractivity contribution >= 4 is 22.6 Å². The van der Waals surface area contributed by atoms with Gasteiger partial charge in [0.05, 0.1) is 36.0 Å². The van der Waals surface area contributed by atoms with Crippen LogP contribution in [0, 0.1) is 5.82 Å². The van der Waals surface area contributed by atoms with Crippen molar-refractivity contribution in [2.75, 3.05) is 14.2 Å². The molecule has 4 rings (SSSR count). The molecule has 0 aliphatic rings. The number of nitrogens with one attached hydrogen (secondary N) is 2. The maximum atomic E-state index is 13.6. The van der Waals surface area contributed by atoms with Crippen molar-refractivity contribution < 1.29 is 13.9 Å². The van der Waals surface area contributed by atoms with Gasteiger partial charge in [-0.25, -0.2) is 9.37 Å². The highest BCUT2D eigenvalue weighted by molar-refractivity contribution is 6.31. The van der Waals surface area contributed by atoms with E-state index in [1.54, 1.807) is 20.3 Å². The van der Waals surface area contributed by atoms with Crippen LogP contribution >= 0.6 is 11.6 Å². The summed E-state index contributed by atoms with van der Waals surface area (Å²) < 4.78 is 24.2. The van der Waals surface area contributed by atoms with E-state index in [4.69, 9.17) is 21.1 Å². The molecule has 0 atom stereocenters. The first-order valence-electron chi connectivity index (χ1n) is 7.72. The highest BCUT2D eigenvalue weighted by Gasteiger charge is 2.14. The number of ether oxygens (including phenoxy) is 2. The summed E-state index contributed by atoms with van der Waals surface area (Å²) in [5.41, 5.74) is 3.28. The molecule has 0 radical (unpaired) electrons. The number of rotatable bonds is 4. The third-order valence-electron chi connectivity index (χ3n) is 4.04. The molecular weight excluding hydrogens is 359 g/mol. The first kappa shape index (κ1) is 16.4. The summed E-state index contributed by atoms with van der Waals surface area (Å²) in [6, 6.07) is 10.1.